The van der Waals surface area contributed by atoms with Gasteiger partial charge in [-0.2, -0.15) is 0 Å². The molecular weight excluding hydrogens is 390 g/mol. The molecule has 3 aromatic rings. The molecule has 2 N–H and O–H groups in total. The van der Waals surface area contributed by atoms with Gasteiger partial charge in [-0.3, -0.25) is 4.79 Å². The molecule has 2 atom stereocenters. The topological polar surface area (TPSA) is 48.1 Å². The molecule has 4 nitrogen and oxygen atoms in total. The predicted octanol–water partition coefficient (Wildman–Crippen LogP) is 5.45. The van der Waals surface area contributed by atoms with Gasteiger partial charge in [0.1, 0.15) is 5.69 Å². The third kappa shape index (κ3) is 4.73. The summed E-state index contributed by atoms with van der Waals surface area (Å²) in [5, 5.41) is 4.83. The van der Waals surface area contributed by atoms with Crippen molar-refractivity contribution in [2.45, 2.75) is 56.1 Å². The van der Waals surface area contributed by atoms with Crippen molar-refractivity contribution in [1.29, 1.82) is 0 Å². The lowest BCUT2D eigenvalue weighted by atomic mass is 9.89. The zero-order valence-electron chi connectivity index (χ0n) is 17.9. The van der Waals surface area contributed by atoms with Crippen LogP contribution in [0.2, 0.25) is 0 Å². The summed E-state index contributed by atoms with van der Waals surface area (Å²) >= 11 is 1.78. The Morgan fingerprint density at radius 2 is 2.03 bits per heavy atom. The quantitative estimate of drug-likeness (QED) is 0.499. The maximum Gasteiger partial charge on any atom is 0.270 e. The van der Waals surface area contributed by atoms with E-state index in [1.807, 2.05) is 30.3 Å². The van der Waals surface area contributed by atoms with E-state index in [-0.39, 0.29) is 11.9 Å². The number of hydrogen-bond acceptors (Lipinski definition) is 3. The lowest BCUT2D eigenvalue weighted by molar-refractivity contribution is 0.0623. The molecule has 0 aliphatic heterocycles. The van der Waals surface area contributed by atoms with Crippen molar-refractivity contribution in [3.63, 3.8) is 0 Å². The normalized spacial score (nSPS) is 19.1. The summed E-state index contributed by atoms with van der Waals surface area (Å²) in [5.74, 6) is 0.118. The molecule has 2 unspecified atom stereocenters. The summed E-state index contributed by atoms with van der Waals surface area (Å²) in [4.78, 5) is 19.9. The third-order valence-electron chi connectivity index (χ3n) is 6.18. The van der Waals surface area contributed by atoms with Crippen molar-refractivity contribution in [3.05, 3.63) is 65.9 Å². The highest BCUT2D eigenvalue weighted by atomic mass is 32.2. The minimum atomic E-state index is 0.118. The van der Waals surface area contributed by atoms with E-state index in [4.69, 9.17) is 0 Å². The number of carbonyl (C=O) groups is 1. The number of H-pyrrole nitrogens is 1. The molecular formula is C25H31N3OS. The maximum atomic E-state index is 13.3. The Bertz CT molecular complexity index is 966. The Morgan fingerprint density at radius 3 is 2.83 bits per heavy atom. The standard InChI is InChI=1S/C25H31N3OS/c1-3-28(25(29)24-15-19-9-4-5-13-23(19)27-24)21-11-7-10-20(16-21)26-17-18-8-6-12-22(14-18)30-2/h4-6,8-9,12-15,20-21,26-27H,3,7,10-11,16-17H2,1-2H3. The SMILES string of the molecule is CCN(C(=O)c1cc2ccccc2[nH]1)C1CCCC(NCc2cccc(SC)c2)C1. The molecule has 0 saturated heterocycles. The van der Waals surface area contributed by atoms with Crippen molar-refractivity contribution in [2.24, 2.45) is 0 Å². The number of aromatic amines is 1. The first-order chi connectivity index (χ1) is 14.7. The first kappa shape index (κ1) is 21.0. The Labute approximate surface area is 183 Å². The van der Waals surface area contributed by atoms with E-state index >= 15 is 0 Å². The number of thioether (sulfide) groups is 1. The van der Waals surface area contributed by atoms with Crippen molar-refractivity contribution < 1.29 is 4.79 Å². The molecule has 1 saturated carbocycles. The zero-order valence-corrected chi connectivity index (χ0v) is 18.7. The van der Waals surface area contributed by atoms with Gasteiger partial charge >= 0.3 is 0 Å². The second-order valence-corrected chi connectivity index (χ2v) is 8.99. The highest BCUT2D eigenvalue weighted by Gasteiger charge is 2.29. The van der Waals surface area contributed by atoms with E-state index in [0.717, 1.165) is 43.3 Å². The third-order valence-corrected chi connectivity index (χ3v) is 6.90. The van der Waals surface area contributed by atoms with Gasteiger partial charge in [0.25, 0.3) is 5.91 Å². The molecule has 0 bridgehead atoms. The molecule has 4 rings (SSSR count). The van der Waals surface area contributed by atoms with E-state index < -0.39 is 0 Å². The average Bonchev–Trinajstić information content (AvgIpc) is 3.23. The fourth-order valence-corrected chi connectivity index (χ4v) is 5.07. The number of aromatic nitrogens is 1. The molecule has 1 fully saturated rings. The minimum absolute atomic E-state index is 0.118. The Kier molecular flexibility index (Phi) is 6.80. The van der Waals surface area contributed by atoms with Crippen LogP contribution in [0.1, 0.15) is 48.7 Å². The van der Waals surface area contributed by atoms with Crippen LogP contribution in [0.25, 0.3) is 10.9 Å². The van der Waals surface area contributed by atoms with Crippen molar-refractivity contribution in [1.82, 2.24) is 15.2 Å². The number of nitrogens with one attached hydrogen (secondary N) is 2. The highest BCUT2D eigenvalue weighted by molar-refractivity contribution is 7.98. The van der Waals surface area contributed by atoms with Crippen molar-refractivity contribution in [2.75, 3.05) is 12.8 Å². The Balaban J connectivity index is 1.40. The van der Waals surface area contributed by atoms with Gasteiger partial charge in [0.2, 0.25) is 0 Å². The van der Waals surface area contributed by atoms with Crippen molar-refractivity contribution in [3.8, 4) is 0 Å². The molecule has 30 heavy (non-hydrogen) atoms. The molecule has 158 valence electrons. The molecule has 0 radical (unpaired) electrons. The number of para-hydroxylation sites is 1. The largest absolute Gasteiger partial charge is 0.351 e. The second kappa shape index (κ2) is 9.71. The summed E-state index contributed by atoms with van der Waals surface area (Å²) in [6, 6.07) is 19.5. The van der Waals surface area contributed by atoms with Gasteiger partial charge in [0, 0.05) is 41.0 Å². The number of amides is 1. The molecule has 5 heteroatoms. The van der Waals surface area contributed by atoms with E-state index in [9.17, 15) is 4.79 Å². The predicted molar refractivity (Wildman–Crippen MR) is 126 cm³/mol. The van der Waals surface area contributed by atoms with Crippen LogP contribution in [0, 0.1) is 0 Å². The summed E-state index contributed by atoms with van der Waals surface area (Å²) < 4.78 is 0. The maximum absolute atomic E-state index is 13.3. The van der Waals surface area contributed by atoms with Crippen LogP contribution in [0.5, 0.6) is 0 Å². The summed E-state index contributed by atoms with van der Waals surface area (Å²) in [6.07, 6.45) is 6.55. The zero-order chi connectivity index (χ0) is 20.9. The summed E-state index contributed by atoms with van der Waals surface area (Å²) in [7, 11) is 0. The van der Waals surface area contributed by atoms with Gasteiger partial charge in [-0.05, 0) is 68.7 Å². The summed E-state index contributed by atoms with van der Waals surface area (Å²) in [5.41, 5.74) is 3.04. The van der Waals surface area contributed by atoms with Crippen LogP contribution in [0.3, 0.4) is 0 Å². The number of hydrogen-bond donors (Lipinski definition) is 2. The van der Waals surface area contributed by atoms with Gasteiger partial charge in [0.15, 0.2) is 0 Å². The molecule has 0 spiro atoms. The fourth-order valence-electron chi connectivity index (χ4n) is 4.59. The number of fused-ring (bicyclic) bond motifs is 1. The Morgan fingerprint density at radius 1 is 1.17 bits per heavy atom. The van der Waals surface area contributed by atoms with Crippen LogP contribution in [0.4, 0.5) is 0 Å². The molecule has 1 amide bonds. The van der Waals surface area contributed by atoms with Gasteiger partial charge < -0.3 is 15.2 Å². The molecule has 1 aliphatic carbocycles. The average molecular weight is 422 g/mol. The van der Waals surface area contributed by atoms with Gasteiger partial charge in [-0.25, -0.2) is 0 Å². The van der Waals surface area contributed by atoms with Crippen LogP contribution in [0.15, 0.2) is 59.5 Å². The van der Waals surface area contributed by atoms with Gasteiger partial charge in [0.05, 0.1) is 0 Å². The molecule has 1 heterocycles. The van der Waals surface area contributed by atoms with Gasteiger partial charge in [-0.1, -0.05) is 30.3 Å². The van der Waals surface area contributed by atoms with Crippen LogP contribution >= 0.6 is 11.8 Å². The first-order valence-corrected chi connectivity index (χ1v) is 12.2. The first-order valence-electron chi connectivity index (χ1n) is 10.9. The summed E-state index contributed by atoms with van der Waals surface area (Å²) in [6.45, 7) is 3.71. The van der Waals surface area contributed by atoms with E-state index in [2.05, 4.69) is 52.6 Å². The number of nitrogens with zero attached hydrogens (tertiary/aromatic N) is 1. The van der Waals surface area contributed by atoms with E-state index in [0.29, 0.717) is 11.7 Å². The van der Waals surface area contributed by atoms with Crippen LogP contribution in [-0.2, 0) is 6.54 Å². The minimum Gasteiger partial charge on any atom is -0.351 e. The van der Waals surface area contributed by atoms with Crippen molar-refractivity contribution >= 4 is 28.6 Å². The smallest absolute Gasteiger partial charge is 0.270 e. The molecule has 1 aromatic heterocycles. The van der Waals surface area contributed by atoms with Crippen LogP contribution in [-0.4, -0.2) is 40.7 Å². The Hall–Kier alpha value is -2.24. The van der Waals surface area contributed by atoms with Crippen LogP contribution < -0.4 is 5.32 Å². The number of rotatable bonds is 7. The number of carbonyl (C=O) groups excluding carboxylic acids is 1. The van der Waals surface area contributed by atoms with Gasteiger partial charge in [-0.15, -0.1) is 11.8 Å². The lowest BCUT2D eigenvalue weighted by Gasteiger charge is -2.37. The lowest BCUT2D eigenvalue weighted by Crippen LogP contribution is -2.46. The number of benzene rings is 2. The van der Waals surface area contributed by atoms with E-state index in [1.165, 1.54) is 16.9 Å². The van der Waals surface area contributed by atoms with E-state index in [1.54, 1.807) is 11.8 Å². The molecule has 2 aromatic carbocycles. The highest BCUT2D eigenvalue weighted by Crippen LogP contribution is 2.26. The molecule has 1 aliphatic rings. The fraction of sp³-hybridized carbons (Fsp3) is 0.400. The monoisotopic (exact) mass is 421 g/mol. The second-order valence-electron chi connectivity index (χ2n) is 8.11.